The molecule has 0 aromatic heterocycles. The van der Waals surface area contributed by atoms with E-state index in [1.807, 2.05) is 37.3 Å². The molecular weight excluding hydrogens is 445 g/mol. The van der Waals surface area contributed by atoms with E-state index in [0.29, 0.717) is 32.0 Å². The summed E-state index contributed by atoms with van der Waals surface area (Å²) in [5.41, 5.74) is 2.79. The zero-order valence-electron chi connectivity index (χ0n) is 17.5. The first-order chi connectivity index (χ1) is 15.5. The molecule has 0 radical (unpaired) electrons. The Balaban J connectivity index is 1.64. The van der Waals surface area contributed by atoms with Crippen molar-refractivity contribution in [2.24, 2.45) is 0 Å². The van der Waals surface area contributed by atoms with Crippen molar-refractivity contribution in [2.75, 3.05) is 12.0 Å². The third kappa shape index (κ3) is 4.54. The maximum absolute atomic E-state index is 14.0. The van der Waals surface area contributed by atoms with E-state index >= 15 is 0 Å². The number of hydrogen-bond acceptors (Lipinski definition) is 5. The van der Waals surface area contributed by atoms with Gasteiger partial charge in [0, 0.05) is 11.1 Å². The van der Waals surface area contributed by atoms with Gasteiger partial charge in [0.2, 0.25) is 0 Å². The molecule has 4 rings (SSSR count). The van der Waals surface area contributed by atoms with Gasteiger partial charge in [-0.25, -0.2) is 4.39 Å². The number of carbonyl (C=O) groups excluding carboxylic acids is 1. The number of thiocarbonyl (C=S) groups is 1. The molecule has 0 N–H and O–H groups in total. The molecule has 1 fully saturated rings. The van der Waals surface area contributed by atoms with Crippen molar-refractivity contribution in [3.05, 3.63) is 94.1 Å². The number of methoxy groups -OCH3 is 1. The van der Waals surface area contributed by atoms with Crippen molar-refractivity contribution >= 4 is 46.0 Å². The number of thioether (sulfide) groups is 1. The Morgan fingerprint density at radius 1 is 1.06 bits per heavy atom. The molecule has 1 aliphatic rings. The molecule has 1 saturated heterocycles. The van der Waals surface area contributed by atoms with Crippen molar-refractivity contribution in [1.82, 2.24) is 0 Å². The zero-order valence-corrected chi connectivity index (χ0v) is 19.1. The maximum atomic E-state index is 14.0. The van der Waals surface area contributed by atoms with E-state index in [1.54, 1.807) is 43.5 Å². The number of carbonyl (C=O) groups is 1. The summed E-state index contributed by atoms with van der Waals surface area (Å²) in [6.07, 6.45) is 1.76. The highest BCUT2D eigenvalue weighted by atomic mass is 32.2. The summed E-state index contributed by atoms with van der Waals surface area (Å²) < 4.78 is 25.7. The fraction of sp³-hybridized carbons (Fsp3) is 0.120. The number of halogens is 1. The highest BCUT2D eigenvalue weighted by Crippen LogP contribution is 2.40. The molecule has 7 heteroatoms. The summed E-state index contributed by atoms with van der Waals surface area (Å²) in [5.74, 6) is 0.570. The van der Waals surface area contributed by atoms with Gasteiger partial charge in [0.05, 0.1) is 17.7 Å². The zero-order chi connectivity index (χ0) is 22.7. The van der Waals surface area contributed by atoms with Crippen LogP contribution in [0.15, 0.2) is 71.6 Å². The highest BCUT2D eigenvalue weighted by Gasteiger charge is 2.35. The second kappa shape index (κ2) is 9.54. The highest BCUT2D eigenvalue weighted by molar-refractivity contribution is 8.27. The normalized spacial score (nSPS) is 14.8. The van der Waals surface area contributed by atoms with Crippen LogP contribution in [0.25, 0.3) is 6.08 Å². The Labute approximate surface area is 195 Å². The van der Waals surface area contributed by atoms with Gasteiger partial charge < -0.3 is 9.47 Å². The SMILES string of the molecule is COc1ccccc1N1C(=O)C(=Cc2cc(C)ccc2OCc2ccccc2F)SC1=S. The number of rotatable bonds is 6. The Bertz CT molecular complexity index is 1230. The van der Waals surface area contributed by atoms with Crippen LogP contribution in [0.5, 0.6) is 11.5 Å². The van der Waals surface area contributed by atoms with Crippen LogP contribution in [0, 0.1) is 12.7 Å². The van der Waals surface area contributed by atoms with Gasteiger partial charge in [0.15, 0.2) is 4.32 Å². The van der Waals surface area contributed by atoms with Crippen LogP contribution in [0.1, 0.15) is 16.7 Å². The lowest BCUT2D eigenvalue weighted by Gasteiger charge is -2.17. The Morgan fingerprint density at radius 2 is 1.81 bits per heavy atom. The predicted molar refractivity (Wildman–Crippen MR) is 131 cm³/mol. The van der Waals surface area contributed by atoms with E-state index < -0.39 is 0 Å². The van der Waals surface area contributed by atoms with Gasteiger partial charge in [-0.1, -0.05) is 65.9 Å². The minimum absolute atomic E-state index is 0.0821. The summed E-state index contributed by atoms with van der Waals surface area (Å²) in [6.45, 7) is 2.04. The van der Waals surface area contributed by atoms with E-state index in [1.165, 1.54) is 22.7 Å². The first-order valence-electron chi connectivity index (χ1n) is 9.86. The molecule has 1 heterocycles. The van der Waals surface area contributed by atoms with Gasteiger partial charge >= 0.3 is 0 Å². The first-order valence-corrected chi connectivity index (χ1v) is 11.1. The molecule has 0 aliphatic carbocycles. The average molecular weight is 466 g/mol. The standard InChI is InChI=1S/C25H20FNO3S2/c1-16-11-12-21(30-15-17-7-3-4-8-19(17)26)18(13-16)14-23-24(28)27(25(31)32-23)20-9-5-6-10-22(20)29-2/h3-14H,15H2,1-2H3. The largest absolute Gasteiger partial charge is 0.495 e. The van der Waals surface area contributed by atoms with Crippen molar-refractivity contribution in [3.63, 3.8) is 0 Å². The minimum Gasteiger partial charge on any atom is -0.495 e. The number of benzene rings is 3. The molecule has 32 heavy (non-hydrogen) atoms. The van der Waals surface area contributed by atoms with Gasteiger partial charge in [-0.2, -0.15) is 0 Å². The molecule has 1 amide bonds. The molecule has 0 bridgehead atoms. The molecule has 1 aliphatic heterocycles. The predicted octanol–water partition coefficient (Wildman–Crippen LogP) is 6.13. The van der Waals surface area contributed by atoms with Crippen molar-refractivity contribution in [3.8, 4) is 11.5 Å². The molecular formula is C25H20FNO3S2. The molecule has 0 atom stereocenters. The fourth-order valence-corrected chi connectivity index (χ4v) is 4.59. The second-order valence-corrected chi connectivity index (χ2v) is 8.79. The third-order valence-electron chi connectivity index (χ3n) is 4.91. The summed E-state index contributed by atoms with van der Waals surface area (Å²) in [4.78, 5) is 15.2. The lowest BCUT2D eigenvalue weighted by Crippen LogP contribution is -2.27. The van der Waals surface area contributed by atoms with Crippen molar-refractivity contribution in [1.29, 1.82) is 0 Å². The molecule has 3 aromatic carbocycles. The Kier molecular flexibility index (Phi) is 6.58. The van der Waals surface area contributed by atoms with Gasteiger partial charge in [-0.05, 0) is 43.3 Å². The van der Waals surface area contributed by atoms with Crippen LogP contribution >= 0.6 is 24.0 Å². The van der Waals surface area contributed by atoms with E-state index in [0.717, 1.165) is 11.1 Å². The van der Waals surface area contributed by atoms with E-state index in [-0.39, 0.29) is 18.3 Å². The van der Waals surface area contributed by atoms with Crippen LogP contribution in [-0.2, 0) is 11.4 Å². The van der Waals surface area contributed by atoms with Crippen LogP contribution < -0.4 is 14.4 Å². The number of aryl methyl sites for hydroxylation is 1. The number of amides is 1. The Morgan fingerprint density at radius 3 is 2.59 bits per heavy atom. The summed E-state index contributed by atoms with van der Waals surface area (Å²) in [7, 11) is 1.55. The van der Waals surface area contributed by atoms with Crippen LogP contribution in [-0.4, -0.2) is 17.3 Å². The smallest absolute Gasteiger partial charge is 0.270 e. The van der Waals surface area contributed by atoms with E-state index in [4.69, 9.17) is 21.7 Å². The molecule has 0 spiro atoms. The Hall–Kier alpha value is -3.16. The van der Waals surface area contributed by atoms with Gasteiger partial charge in [-0.15, -0.1) is 0 Å². The molecule has 162 valence electrons. The third-order valence-corrected chi connectivity index (χ3v) is 6.21. The lowest BCUT2D eigenvalue weighted by molar-refractivity contribution is -0.113. The molecule has 3 aromatic rings. The van der Waals surface area contributed by atoms with Crippen LogP contribution in [0.2, 0.25) is 0 Å². The van der Waals surface area contributed by atoms with Crippen LogP contribution in [0.4, 0.5) is 10.1 Å². The second-order valence-electron chi connectivity index (χ2n) is 7.11. The maximum Gasteiger partial charge on any atom is 0.270 e. The number of anilines is 1. The number of ether oxygens (including phenoxy) is 2. The molecule has 4 nitrogen and oxygen atoms in total. The van der Waals surface area contributed by atoms with E-state index in [9.17, 15) is 9.18 Å². The average Bonchev–Trinajstić information content (AvgIpc) is 3.06. The topological polar surface area (TPSA) is 38.8 Å². The van der Waals surface area contributed by atoms with Crippen molar-refractivity contribution in [2.45, 2.75) is 13.5 Å². The monoisotopic (exact) mass is 465 g/mol. The summed E-state index contributed by atoms with van der Waals surface area (Å²) in [5, 5.41) is 0. The number of nitrogens with zero attached hydrogens (tertiary/aromatic N) is 1. The number of para-hydroxylation sites is 2. The summed E-state index contributed by atoms with van der Waals surface area (Å²) >= 11 is 6.71. The summed E-state index contributed by atoms with van der Waals surface area (Å²) in [6, 6.07) is 19.4. The lowest BCUT2D eigenvalue weighted by atomic mass is 10.1. The molecule has 0 saturated carbocycles. The quantitative estimate of drug-likeness (QED) is 0.324. The van der Waals surface area contributed by atoms with Gasteiger partial charge in [0.25, 0.3) is 5.91 Å². The van der Waals surface area contributed by atoms with Gasteiger partial charge in [0.1, 0.15) is 23.9 Å². The molecule has 0 unspecified atom stereocenters. The van der Waals surface area contributed by atoms with Crippen molar-refractivity contribution < 1.29 is 18.7 Å². The first kappa shape index (κ1) is 22.0. The fourth-order valence-electron chi connectivity index (χ4n) is 3.31. The van der Waals surface area contributed by atoms with E-state index in [2.05, 4.69) is 0 Å². The van der Waals surface area contributed by atoms with Crippen LogP contribution in [0.3, 0.4) is 0 Å². The number of hydrogen-bond donors (Lipinski definition) is 0. The van der Waals surface area contributed by atoms with Gasteiger partial charge in [-0.3, -0.25) is 9.69 Å². The minimum atomic E-state index is -0.321.